The minimum absolute atomic E-state index is 0.0768. The number of rotatable bonds is 4. The highest BCUT2D eigenvalue weighted by Gasteiger charge is 2.48. The molecule has 4 aromatic rings. The van der Waals surface area contributed by atoms with Crippen molar-refractivity contribution in [3.63, 3.8) is 0 Å². The number of anilines is 1. The van der Waals surface area contributed by atoms with Gasteiger partial charge in [-0.2, -0.15) is 0 Å². The normalized spacial score (nSPS) is 17.4. The quantitative estimate of drug-likeness (QED) is 0.249. The second kappa shape index (κ2) is 8.39. The van der Waals surface area contributed by atoms with E-state index in [4.69, 9.17) is 4.74 Å². The van der Waals surface area contributed by atoms with Crippen LogP contribution in [0.3, 0.4) is 0 Å². The van der Waals surface area contributed by atoms with Crippen LogP contribution in [0.5, 0.6) is 5.75 Å². The number of H-pyrrole nitrogens is 1. The molecule has 1 saturated heterocycles. The topological polar surface area (TPSA) is 95.5 Å². The molecule has 0 spiro atoms. The van der Waals surface area contributed by atoms with Crippen LogP contribution >= 0.6 is 0 Å². The van der Waals surface area contributed by atoms with Gasteiger partial charge in [-0.1, -0.05) is 36.4 Å². The Balaban J connectivity index is 1.77. The van der Waals surface area contributed by atoms with Crippen molar-refractivity contribution in [2.45, 2.75) is 19.9 Å². The Morgan fingerprint density at radius 1 is 1.09 bits per heavy atom. The van der Waals surface area contributed by atoms with E-state index in [9.17, 15) is 19.1 Å². The van der Waals surface area contributed by atoms with Gasteiger partial charge in [0.2, 0.25) is 5.95 Å². The summed E-state index contributed by atoms with van der Waals surface area (Å²) in [7, 11) is 1.48. The molecule has 3 aromatic carbocycles. The molecular weight excluding hydrogens is 449 g/mol. The molecule has 176 valence electrons. The Labute approximate surface area is 200 Å². The number of fused-ring (bicyclic) bond motifs is 1. The number of halogens is 1. The number of ether oxygens (including phenoxy) is 1. The molecule has 1 atom stereocenters. The van der Waals surface area contributed by atoms with Crippen LogP contribution in [0.25, 0.3) is 16.8 Å². The first-order chi connectivity index (χ1) is 16.8. The predicted octanol–water partition coefficient (Wildman–Crippen LogP) is 4.95. The molecule has 1 unspecified atom stereocenters. The van der Waals surface area contributed by atoms with Gasteiger partial charge in [-0.15, -0.1) is 0 Å². The van der Waals surface area contributed by atoms with Crippen molar-refractivity contribution in [3.05, 3.63) is 94.3 Å². The smallest absolute Gasteiger partial charge is 0.302 e. The first-order valence-corrected chi connectivity index (χ1v) is 11.0. The van der Waals surface area contributed by atoms with Crippen molar-refractivity contribution >= 4 is 34.4 Å². The number of ketones is 1. The van der Waals surface area contributed by atoms with Crippen molar-refractivity contribution in [2.75, 3.05) is 12.0 Å². The monoisotopic (exact) mass is 471 g/mol. The number of aryl methyl sites for hydroxylation is 2. The van der Waals surface area contributed by atoms with E-state index < -0.39 is 23.5 Å². The van der Waals surface area contributed by atoms with Gasteiger partial charge in [-0.3, -0.25) is 14.5 Å². The second-order valence-corrected chi connectivity index (χ2v) is 8.46. The summed E-state index contributed by atoms with van der Waals surface area (Å²) in [5.74, 6) is -2.03. The SMILES string of the molecule is COc1c(C)cc(C)cc1/C(O)=C1\C(=O)C(=O)N(c2nc3ccc(F)cc3[nH]2)C1c1ccccc1. The van der Waals surface area contributed by atoms with E-state index in [1.54, 1.807) is 30.3 Å². The highest BCUT2D eigenvalue weighted by Crippen LogP contribution is 2.43. The molecule has 2 heterocycles. The van der Waals surface area contributed by atoms with Gasteiger partial charge in [-0.25, -0.2) is 9.37 Å². The van der Waals surface area contributed by atoms with Gasteiger partial charge in [0.25, 0.3) is 5.78 Å². The third-order valence-electron chi connectivity index (χ3n) is 6.10. The number of aromatic nitrogens is 2. The first kappa shape index (κ1) is 22.3. The number of aliphatic hydroxyl groups excluding tert-OH is 1. The predicted molar refractivity (Wildman–Crippen MR) is 130 cm³/mol. The standard InChI is InChI=1S/C27H22FN3O4/c1-14-11-15(2)25(35-3)18(12-14)23(32)21-22(16-7-5-4-6-8-16)31(26(34)24(21)33)27-29-19-10-9-17(28)13-20(19)30-27/h4-13,22,32H,1-3H3,(H,29,30)/b23-21+. The van der Waals surface area contributed by atoms with Crippen molar-refractivity contribution in [2.24, 2.45) is 0 Å². The molecule has 0 bridgehead atoms. The summed E-state index contributed by atoms with van der Waals surface area (Å²) in [6.45, 7) is 3.70. The Bertz CT molecular complexity index is 1520. The summed E-state index contributed by atoms with van der Waals surface area (Å²) in [6.07, 6.45) is 0. The summed E-state index contributed by atoms with van der Waals surface area (Å²) in [5.41, 5.74) is 3.28. The number of amides is 1. The average Bonchev–Trinajstić information content (AvgIpc) is 3.36. The zero-order valence-corrected chi connectivity index (χ0v) is 19.3. The Kier molecular flexibility index (Phi) is 5.36. The largest absolute Gasteiger partial charge is 0.507 e. The number of carbonyl (C=O) groups excluding carboxylic acids is 2. The van der Waals surface area contributed by atoms with Crippen molar-refractivity contribution in [1.82, 2.24) is 9.97 Å². The molecule has 1 aliphatic rings. The Hall–Kier alpha value is -4.46. The average molecular weight is 471 g/mol. The number of aliphatic hydroxyl groups is 1. The van der Waals surface area contributed by atoms with E-state index in [1.807, 2.05) is 26.0 Å². The number of nitrogens with one attached hydrogen (secondary N) is 1. The van der Waals surface area contributed by atoms with Crippen LogP contribution in [0, 0.1) is 19.7 Å². The van der Waals surface area contributed by atoms with Crippen LogP contribution in [-0.4, -0.2) is 33.9 Å². The molecular formula is C27H22FN3O4. The van der Waals surface area contributed by atoms with E-state index in [-0.39, 0.29) is 17.3 Å². The number of methoxy groups -OCH3 is 1. The van der Waals surface area contributed by atoms with Crippen LogP contribution < -0.4 is 9.64 Å². The van der Waals surface area contributed by atoms with Crippen LogP contribution in [0.1, 0.15) is 28.3 Å². The summed E-state index contributed by atoms with van der Waals surface area (Å²) in [5, 5.41) is 11.5. The van der Waals surface area contributed by atoms with E-state index in [1.165, 1.54) is 30.2 Å². The molecule has 1 aromatic heterocycles. The minimum Gasteiger partial charge on any atom is -0.507 e. The molecule has 2 N–H and O–H groups in total. The Morgan fingerprint density at radius 3 is 2.54 bits per heavy atom. The van der Waals surface area contributed by atoms with Gasteiger partial charge in [-0.05, 0) is 54.8 Å². The lowest BCUT2D eigenvalue weighted by molar-refractivity contribution is -0.132. The lowest BCUT2D eigenvalue weighted by Crippen LogP contribution is -2.30. The first-order valence-electron chi connectivity index (χ1n) is 11.0. The molecule has 1 amide bonds. The number of hydrogen-bond donors (Lipinski definition) is 2. The highest BCUT2D eigenvalue weighted by atomic mass is 19.1. The molecule has 8 heteroatoms. The number of nitrogens with zero attached hydrogens (tertiary/aromatic N) is 2. The second-order valence-electron chi connectivity index (χ2n) is 8.46. The fourth-order valence-corrected chi connectivity index (χ4v) is 4.63. The third kappa shape index (κ3) is 3.63. The number of imidazole rings is 1. The minimum atomic E-state index is -0.966. The van der Waals surface area contributed by atoms with E-state index in [2.05, 4.69) is 9.97 Å². The number of benzene rings is 3. The summed E-state index contributed by atoms with van der Waals surface area (Å²) >= 11 is 0. The van der Waals surface area contributed by atoms with Gasteiger partial charge in [0.1, 0.15) is 17.3 Å². The zero-order chi connectivity index (χ0) is 24.9. The van der Waals surface area contributed by atoms with Crippen LogP contribution in [0.15, 0.2) is 66.2 Å². The molecule has 1 fully saturated rings. The maximum Gasteiger partial charge on any atom is 0.302 e. The number of aromatic amines is 1. The molecule has 35 heavy (non-hydrogen) atoms. The lowest BCUT2D eigenvalue weighted by atomic mass is 9.94. The molecule has 1 aliphatic heterocycles. The molecule has 5 rings (SSSR count). The van der Waals surface area contributed by atoms with Crippen LogP contribution in [-0.2, 0) is 9.59 Å². The van der Waals surface area contributed by atoms with E-state index in [0.29, 0.717) is 27.9 Å². The fraction of sp³-hybridized carbons (Fsp3) is 0.148. The number of Topliss-reactive ketones (excluding diaryl/α,β-unsaturated/α-hetero) is 1. The number of hydrogen-bond acceptors (Lipinski definition) is 5. The van der Waals surface area contributed by atoms with Gasteiger partial charge in [0.05, 0.1) is 35.3 Å². The van der Waals surface area contributed by atoms with Gasteiger partial charge in [0, 0.05) is 0 Å². The van der Waals surface area contributed by atoms with Crippen LogP contribution in [0.2, 0.25) is 0 Å². The molecule has 0 saturated carbocycles. The fourth-order valence-electron chi connectivity index (χ4n) is 4.63. The van der Waals surface area contributed by atoms with E-state index in [0.717, 1.165) is 11.1 Å². The van der Waals surface area contributed by atoms with Gasteiger partial charge >= 0.3 is 5.91 Å². The summed E-state index contributed by atoms with van der Waals surface area (Å²) in [6, 6.07) is 15.6. The van der Waals surface area contributed by atoms with Crippen molar-refractivity contribution < 1.29 is 23.8 Å². The van der Waals surface area contributed by atoms with Crippen molar-refractivity contribution in [1.29, 1.82) is 0 Å². The Morgan fingerprint density at radius 2 is 1.83 bits per heavy atom. The van der Waals surface area contributed by atoms with Crippen LogP contribution in [0.4, 0.5) is 10.3 Å². The molecule has 7 nitrogen and oxygen atoms in total. The summed E-state index contributed by atoms with van der Waals surface area (Å²) in [4.78, 5) is 35.3. The van der Waals surface area contributed by atoms with Gasteiger partial charge < -0.3 is 14.8 Å². The molecule has 0 radical (unpaired) electrons. The molecule has 0 aliphatic carbocycles. The number of carbonyl (C=O) groups is 2. The maximum atomic E-state index is 13.8. The third-order valence-corrected chi connectivity index (χ3v) is 6.10. The van der Waals surface area contributed by atoms with Crippen molar-refractivity contribution in [3.8, 4) is 5.75 Å². The van der Waals surface area contributed by atoms with Gasteiger partial charge in [0.15, 0.2) is 0 Å². The lowest BCUT2D eigenvalue weighted by Gasteiger charge is -2.23. The summed E-state index contributed by atoms with van der Waals surface area (Å²) < 4.78 is 19.3. The zero-order valence-electron chi connectivity index (χ0n) is 19.3. The van der Waals surface area contributed by atoms with E-state index >= 15 is 0 Å². The highest BCUT2D eigenvalue weighted by molar-refractivity contribution is 6.51. The maximum absolute atomic E-state index is 13.8.